The van der Waals surface area contributed by atoms with Gasteiger partial charge in [-0.2, -0.15) is 0 Å². The Hall–Kier alpha value is -0.483. The quantitative estimate of drug-likeness (QED) is 0.355. The van der Waals surface area contributed by atoms with E-state index in [1.54, 1.807) is 12.2 Å². The number of halogens is 3. The minimum absolute atomic E-state index is 0. The summed E-state index contributed by atoms with van der Waals surface area (Å²) in [5.74, 6) is -0.102. The van der Waals surface area contributed by atoms with Crippen LogP contribution in [0, 0.1) is 0 Å². The molecule has 0 atom stereocenters. The van der Waals surface area contributed by atoms with E-state index in [2.05, 4.69) is 59.6 Å². The largest absolute Gasteiger partial charge is 1.00 e. The average Bonchev–Trinajstić information content (AvgIpc) is 3.35. The van der Waals surface area contributed by atoms with Crippen LogP contribution in [0.5, 0.6) is 0 Å². The van der Waals surface area contributed by atoms with Gasteiger partial charge in [0.1, 0.15) is 5.83 Å². The smallest absolute Gasteiger partial charge is 0.119 e. The first-order valence-electron chi connectivity index (χ1n) is 10.6. The molecule has 0 heterocycles. The van der Waals surface area contributed by atoms with Crippen molar-refractivity contribution in [2.24, 2.45) is 0 Å². The summed E-state index contributed by atoms with van der Waals surface area (Å²) in [5.41, 5.74) is 8.11. The summed E-state index contributed by atoms with van der Waals surface area (Å²) in [6, 6.07) is 15.6. The Balaban J connectivity index is 0.000000478. The molecule has 0 unspecified atom stereocenters. The number of hydrogen-bond donors (Lipinski definition) is 0. The molecule has 1 saturated carbocycles. The second-order valence-corrected chi connectivity index (χ2v) is 8.56. The zero-order valence-corrected chi connectivity index (χ0v) is 24.2. The van der Waals surface area contributed by atoms with Gasteiger partial charge in [-0.05, 0) is 59.2 Å². The topological polar surface area (TPSA) is 0 Å². The fourth-order valence-electron chi connectivity index (χ4n) is 3.92. The van der Waals surface area contributed by atoms with Crippen LogP contribution in [0.25, 0.3) is 11.1 Å². The van der Waals surface area contributed by atoms with Gasteiger partial charge in [0.2, 0.25) is 0 Å². The Morgan fingerprint density at radius 3 is 2.13 bits per heavy atom. The van der Waals surface area contributed by atoms with Crippen molar-refractivity contribution in [3.8, 4) is 11.1 Å². The standard InChI is InChI=1S/C15H14.C6H11Si.C5H5F.2ClH.Hf/c1-2-11-7-8-13-10-12-5-3-4-6-14(12)15(13)9-11;7-6-4-2-1-3-5-6;6-5-3-1-2-4-5;;;/h3-9H,2,10H2,1H3;6H,1-5H2;1,3-4H,2H2;2*1H;/p-2. The molecule has 0 aromatic heterocycles. The van der Waals surface area contributed by atoms with E-state index in [1.807, 2.05) is 0 Å². The number of allylic oxidation sites excluding steroid dienone is 4. The molecular weight excluding hydrogens is 609 g/mol. The Kier molecular flexibility index (Phi) is 15.9. The van der Waals surface area contributed by atoms with E-state index in [9.17, 15) is 4.39 Å². The Morgan fingerprint density at radius 1 is 0.935 bits per heavy atom. The van der Waals surface area contributed by atoms with Gasteiger partial charge in [0, 0.05) is 36.1 Å². The first-order chi connectivity index (χ1) is 13.7. The summed E-state index contributed by atoms with van der Waals surface area (Å²) in [5, 5.41) is 0. The summed E-state index contributed by atoms with van der Waals surface area (Å²) in [4.78, 5) is 0. The Morgan fingerprint density at radius 2 is 1.61 bits per heavy atom. The average molecular weight is 639 g/mol. The first-order valence-corrected chi connectivity index (χ1v) is 11.2. The molecule has 1 fully saturated rings. The molecule has 0 spiro atoms. The van der Waals surface area contributed by atoms with Crippen LogP contribution in [0.3, 0.4) is 0 Å². The van der Waals surface area contributed by atoms with Gasteiger partial charge in [0.15, 0.2) is 0 Å². The number of benzene rings is 2. The van der Waals surface area contributed by atoms with Gasteiger partial charge in [-0.15, -0.1) is 0 Å². The van der Waals surface area contributed by atoms with Crippen molar-refractivity contribution in [3.05, 3.63) is 83.2 Å². The SMILES string of the molecule is CCc1ccc2c(c1)-c1ccccc1C2.FC1=CCC=C1.[Cl-].[Cl-].[Hf].[Si]C1CCCCC1. The molecule has 3 aliphatic carbocycles. The molecular formula is C26H30Cl2FHfSi-2. The number of rotatable bonds is 1. The van der Waals surface area contributed by atoms with Crippen molar-refractivity contribution in [2.75, 3.05) is 0 Å². The van der Waals surface area contributed by atoms with Crippen LogP contribution in [0.2, 0.25) is 5.54 Å². The van der Waals surface area contributed by atoms with Gasteiger partial charge in [0.05, 0.1) is 0 Å². The third-order valence-electron chi connectivity index (χ3n) is 5.60. The van der Waals surface area contributed by atoms with Gasteiger partial charge in [-0.1, -0.05) is 93.1 Å². The molecule has 165 valence electrons. The molecule has 0 bridgehead atoms. The van der Waals surface area contributed by atoms with Crippen molar-refractivity contribution in [1.29, 1.82) is 0 Å². The molecule has 3 aliphatic rings. The molecule has 0 saturated heterocycles. The molecule has 0 nitrogen and oxygen atoms in total. The van der Waals surface area contributed by atoms with Crippen LogP contribution in [0.1, 0.15) is 62.1 Å². The Bertz CT molecular complexity index is 842. The number of fused-ring (bicyclic) bond motifs is 3. The van der Waals surface area contributed by atoms with E-state index in [1.165, 1.54) is 66.0 Å². The summed E-state index contributed by atoms with van der Waals surface area (Å²) < 4.78 is 11.7. The second kappa shape index (κ2) is 16.2. The van der Waals surface area contributed by atoms with E-state index in [-0.39, 0.29) is 56.5 Å². The third kappa shape index (κ3) is 9.49. The van der Waals surface area contributed by atoms with Crippen LogP contribution in [0.15, 0.2) is 66.5 Å². The minimum Gasteiger partial charge on any atom is -1.00 e. The predicted molar refractivity (Wildman–Crippen MR) is 120 cm³/mol. The third-order valence-corrected chi connectivity index (χ3v) is 6.18. The van der Waals surface area contributed by atoms with Crippen molar-refractivity contribution in [2.45, 2.75) is 63.8 Å². The molecule has 0 N–H and O–H groups in total. The zero-order valence-electron chi connectivity index (χ0n) is 18.1. The second-order valence-electron chi connectivity index (χ2n) is 7.74. The van der Waals surface area contributed by atoms with Gasteiger partial charge >= 0.3 is 0 Å². The predicted octanol–water partition coefficient (Wildman–Crippen LogP) is 1.53. The summed E-state index contributed by atoms with van der Waals surface area (Å²) >= 11 is 0. The molecule has 2 aromatic carbocycles. The summed E-state index contributed by atoms with van der Waals surface area (Å²) in [6.45, 7) is 2.21. The maximum absolute atomic E-state index is 11.7. The maximum atomic E-state index is 11.7. The Labute approximate surface area is 222 Å². The maximum Gasteiger partial charge on any atom is 0.119 e. The van der Waals surface area contributed by atoms with Crippen molar-refractivity contribution in [3.63, 3.8) is 0 Å². The molecule has 2 aromatic rings. The van der Waals surface area contributed by atoms with Crippen molar-refractivity contribution < 1.29 is 55.0 Å². The molecule has 0 amide bonds. The van der Waals surface area contributed by atoms with E-state index in [0.29, 0.717) is 0 Å². The van der Waals surface area contributed by atoms with Gasteiger partial charge in [0.25, 0.3) is 0 Å². The molecule has 5 heteroatoms. The normalized spacial score (nSPS) is 15.3. The summed E-state index contributed by atoms with van der Waals surface area (Å²) in [6.07, 6.45) is 14.9. The number of aryl methyl sites for hydroxylation is 1. The van der Waals surface area contributed by atoms with Gasteiger partial charge in [-0.25, -0.2) is 4.39 Å². The first kappa shape index (κ1) is 30.5. The monoisotopic (exact) mass is 639 g/mol. The van der Waals surface area contributed by atoms with Crippen molar-refractivity contribution in [1.82, 2.24) is 0 Å². The molecule has 3 radical (unpaired) electrons. The van der Waals surface area contributed by atoms with E-state index >= 15 is 0 Å². The van der Waals surface area contributed by atoms with Crippen LogP contribution in [-0.4, -0.2) is 10.2 Å². The van der Waals surface area contributed by atoms with E-state index in [0.717, 1.165) is 24.8 Å². The van der Waals surface area contributed by atoms with Crippen LogP contribution < -0.4 is 24.8 Å². The van der Waals surface area contributed by atoms with E-state index in [4.69, 9.17) is 0 Å². The van der Waals surface area contributed by atoms with Gasteiger partial charge < -0.3 is 24.8 Å². The summed E-state index contributed by atoms with van der Waals surface area (Å²) in [7, 11) is 3.63. The van der Waals surface area contributed by atoms with Crippen LogP contribution in [0.4, 0.5) is 4.39 Å². The molecule has 31 heavy (non-hydrogen) atoms. The fraction of sp³-hybridized carbons (Fsp3) is 0.385. The number of hydrogen-bond acceptors (Lipinski definition) is 0. The fourth-order valence-corrected chi connectivity index (χ4v) is 4.33. The van der Waals surface area contributed by atoms with E-state index < -0.39 is 0 Å². The van der Waals surface area contributed by atoms with Crippen molar-refractivity contribution >= 4 is 10.2 Å². The van der Waals surface area contributed by atoms with Gasteiger partial charge in [-0.3, -0.25) is 0 Å². The van der Waals surface area contributed by atoms with Crippen LogP contribution in [-0.2, 0) is 38.7 Å². The van der Waals surface area contributed by atoms with Crippen LogP contribution >= 0.6 is 0 Å². The zero-order chi connectivity index (χ0) is 19.8. The minimum atomic E-state index is -0.102. The molecule has 5 rings (SSSR count). The molecule has 0 aliphatic heterocycles.